The van der Waals surface area contributed by atoms with Gasteiger partial charge >= 0.3 is 0 Å². The largest absolute Gasteiger partial charge is 0.496 e. The first-order valence-corrected chi connectivity index (χ1v) is 11.4. The summed E-state index contributed by atoms with van der Waals surface area (Å²) in [5.74, 6) is 2.07. The number of nitrogens with zero attached hydrogens (tertiary/aromatic N) is 5. The molecule has 0 radical (unpaired) electrons. The van der Waals surface area contributed by atoms with E-state index < -0.39 is 0 Å². The Balaban J connectivity index is 1.64. The minimum Gasteiger partial charge on any atom is -0.496 e. The van der Waals surface area contributed by atoms with Gasteiger partial charge in [0.1, 0.15) is 11.6 Å². The summed E-state index contributed by atoms with van der Waals surface area (Å²) < 4.78 is 16.5. The molecular formula is C25H29N5O4. The highest BCUT2D eigenvalue weighted by Gasteiger charge is 2.26. The molecule has 2 aliphatic rings. The number of pyridine rings is 1. The van der Waals surface area contributed by atoms with E-state index in [4.69, 9.17) is 29.2 Å². The summed E-state index contributed by atoms with van der Waals surface area (Å²) in [4.78, 5) is 19.0. The molecule has 1 N–H and O–H groups in total. The number of aliphatic hydroxyl groups is 1. The number of benzene rings is 1. The lowest BCUT2D eigenvalue weighted by Crippen LogP contribution is -2.44. The highest BCUT2D eigenvalue weighted by atomic mass is 16.5. The fraction of sp³-hybridized carbons (Fsp3) is 0.400. The van der Waals surface area contributed by atoms with E-state index in [1.807, 2.05) is 35.2 Å². The number of fused-ring (bicyclic) bond motifs is 1. The SMILES string of the molecule is C=C1COCCN1c1nc(N2CCOC[C@H]2C)c2ccc(-c3ccc(OC)c(CO)c3)nc2n1. The summed E-state index contributed by atoms with van der Waals surface area (Å²) in [6, 6.07) is 9.84. The van der Waals surface area contributed by atoms with Gasteiger partial charge in [-0.15, -0.1) is 0 Å². The van der Waals surface area contributed by atoms with Gasteiger partial charge in [0, 0.05) is 29.9 Å². The molecule has 2 aliphatic heterocycles. The number of rotatable bonds is 5. The van der Waals surface area contributed by atoms with Crippen LogP contribution in [0.3, 0.4) is 0 Å². The summed E-state index contributed by atoms with van der Waals surface area (Å²) >= 11 is 0. The van der Waals surface area contributed by atoms with Gasteiger partial charge in [0.15, 0.2) is 5.65 Å². The molecule has 2 saturated heterocycles. The molecule has 0 amide bonds. The van der Waals surface area contributed by atoms with Crippen molar-refractivity contribution in [3.63, 3.8) is 0 Å². The fourth-order valence-corrected chi connectivity index (χ4v) is 4.41. The van der Waals surface area contributed by atoms with Gasteiger partial charge < -0.3 is 29.1 Å². The summed E-state index contributed by atoms with van der Waals surface area (Å²) in [5, 5.41) is 10.6. The van der Waals surface area contributed by atoms with E-state index in [0.717, 1.165) is 34.7 Å². The molecule has 5 rings (SSSR count). The summed E-state index contributed by atoms with van der Waals surface area (Å²) in [7, 11) is 1.59. The lowest BCUT2D eigenvalue weighted by molar-refractivity contribution is 0.0987. The minimum absolute atomic E-state index is 0.116. The lowest BCUT2D eigenvalue weighted by atomic mass is 10.1. The quantitative estimate of drug-likeness (QED) is 0.613. The van der Waals surface area contributed by atoms with E-state index in [1.54, 1.807) is 7.11 Å². The Morgan fingerprint density at radius 3 is 2.74 bits per heavy atom. The molecule has 0 bridgehead atoms. The first-order valence-electron chi connectivity index (χ1n) is 11.4. The minimum atomic E-state index is -0.116. The highest BCUT2D eigenvalue weighted by molar-refractivity contribution is 5.90. The second kappa shape index (κ2) is 9.54. The average molecular weight is 464 g/mol. The maximum absolute atomic E-state index is 9.74. The molecular weight excluding hydrogens is 434 g/mol. The number of methoxy groups -OCH3 is 1. The third-order valence-electron chi connectivity index (χ3n) is 6.27. The molecule has 0 spiro atoms. The van der Waals surface area contributed by atoms with E-state index in [1.165, 1.54) is 0 Å². The maximum Gasteiger partial charge on any atom is 0.233 e. The van der Waals surface area contributed by atoms with E-state index >= 15 is 0 Å². The Morgan fingerprint density at radius 1 is 1.12 bits per heavy atom. The zero-order valence-corrected chi connectivity index (χ0v) is 19.5. The van der Waals surface area contributed by atoms with Gasteiger partial charge in [-0.3, -0.25) is 0 Å². The topological polar surface area (TPSA) is 93.1 Å². The standard InChI is InChI=1S/C25H29N5O4/c1-16-14-33-10-8-29(16)24-20-5-6-21(18-4-7-22(32-3)19(12-18)13-31)26-23(20)27-25(28-24)30-9-11-34-15-17(30)2/h4-7,12,16,31H,2,8-11,13-15H2,1,3H3/t16-/m1/s1. The number of aliphatic hydroxyl groups excluding tert-OH is 1. The van der Waals surface area contributed by atoms with Gasteiger partial charge in [-0.05, 0) is 37.3 Å². The summed E-state index contributed by atoms with van der Waals surface area (Å²) in [6.07, 6.45) is 0. The molecule has 0 aliphatic carbocycles. The van der Waals surface area contributed by atoms with Crippen molar-refractivity contribution >= 4 is 22.8 Å². The number of hydrogen-bond donors (Lipinski definition) is 1. The van der Waals surface area contributed by atoms with Crippen molar-refractivity contribution in [3.8, 4) is 17.0 Å². The Hall–Kier alpha value is -3.27. The number of morpholine rings is 2. The predicted molar refractivity (Wildman–Crippen MR) is 130 cm³/mol. The molecule has 0 saturated carbocycles. The third-order valence-corrected chi connectivity index (χ3v) is 6.27. The molecule has 9 nitrogen and oxygen atoms in total. The van der Waals surface area contributed by atoms with Crippen LogP contribution in [0.1, 0.15) is 12.5 Å². The summed E-state index contributed by atoms with van der Waals surface area (Å²) in [5.41, 5.74) is 3.78. The van der Waals surface area contributed by atoms with Crippen molar-refractivity contribution in [2.45, 2.75) is 19.6 Å². The average Bonchev–Trinajstić information content (AvgIpc) is 2.88. The van der Waals surface area contributed by atoms with Crippen molar-refractivity contribution in [3.05, 3.63) is 48.2 Å². The zero-order valence-electron chi connectivity index (χ0n) is 19.5. The number of aromatic nitrogens is 3. The smallest absolute Gasteiger partial charge is 0.233 e. The third kappa shape index (κ3) is 4.18. The van der Waals surface area contributed by atoms with Gasteiger partial charge in [-0.2, -0.15) is 9.97 Å². The van der Waals surface area contributed by atoms with Crippen LogP contribution in [0.2, 0.25) is 0 Å². The monoisotopic (exact) mass is 463 g/mol. The highest BCUT2D eigenvalue weighted by Crippen LogP contribution is 2.32. The number of hydrogen-bond acceptors (Lipinski definition) is 9. The van der Waals surface area contributed by atoms with Crippen LogP contribution in [-0.4, -0.2) is 72.7 Å². The van der Waals surface area contributed by atoms with Gasteiger partial charge in [-0.25, -0.2) is 4.98 Å². The van der Waals surface area contributed by atoms with Crippen LogP contribution < -0.4 is 14.5 Å². The first kappa shape index (κ1) is 22.5. The molecule has 0 unspecified atom stereocenters. The van der Waals surface area contributed by atoms with Crippen LogP contribution in [0.25, 0.3) is 22.3 Å². The Bertz CT molecular complexity index is 1220. The molecule has 1 atom stereocenters. The van der Waals surface area contributed by atoms with E-state index in [-0.39, 0.29) is 12.6 Å². The Labute approximate surface area is 198 Å². The lowest BCUT2D eigenvalue weighted by Gasteiger charge is -2.36. The first-order chi connectivity index (χ1) is 16.6. The van der Waals surface area contributed by atoms with Crippen LogP contribution in [0.15, 0.2) is 42.6 Å². The molecule has 1 aromatic carbocycles. The second-order valence-corrected chi connectivity index (χ2v) is 8.49. The van der Waals surface area contributed by atoms with Crippen molar-refractivity contribution in [1.82, 2.24) is 15.0 Å². The van der Waals surface area contributed by atoms with Crippen LogP contribution in [0, 0.1) is 0 Å². The van der Waals surface area contributed by atoms with Gasteiger partial charge in [0.05, 0.1) is 57.3 Å². The second-order valence-electron chi connectivity index (χ2n) is 8.49. The molecule has 2 fully saturated rings. The number of ether oxygens (including phenoxy) is 3. The Kier molecular flexibility index (Phi) is 6.32. The molecule has 4 heterocycles. The maximum atomic E-state index is 9.74. The van der Waals surface area contributed by atoms with Gasteiger partial charge in [-0.1, -0.05) is 6.58 Å². The fourth-order valence-electron chi connectivity index (χ4n) is 4.41. The van der Waals surface area contributed by atoms with E-state index in [2.05, 4.69) is 18.4 Å². The predicted octanol–water partition coefficient (Wildman–Crippen LogP) is 2.77. The number of anilines is 2. The van der Waals surface area contributed by atoms with E-state index in [0.29, 0.717) is 55.9 Å². The van der Waals surface area contributed by atoms with Crippen LogP contribution in [-0.2, 0) is 16.1 Å². The van der Waals surface area contributed by atoms with Gasteiger partial charge in [0.2, 0.25) is 5.95 Å². The molecule has 3 aromatic rings. The van der Waals surface area contributed by atoms with Crippen molar-refractivity contribution in [2.24, 2.45) is 0 Å². The zero-order chi connectivity index (χ0) is 23.7. The molecule has 2 aromatic heterocycles. The van der Waals surface area contributed by atoms with Crippen LogP contribution >= 0.6 is 0 Å². The van der Waals surface area contributed by atoms with Crippen LogP contribution in [0.5, 0.6) is 5.75 Å². The summed E-state index contributed by atoms with van der Waals surface area (Å²) in [6.45, 7) is 9.88. The van der Waals surface area contributed by atoms with E-state index in [9.17, 15) is 5.11 Å². The van der Waals surface area contributed by atoms with Crippen LogP contribution in [0.4, 0.5) is 11.8 Å². The Morgan fingerprint density at radius 2 is 1.97 bits per heavy atom. The molecule has 178 valence electrons. The van der Waals surface area contributed by atoms with Crippen molar-refractivity contribution < 1.29 is 19.3 Å². The van der Waals surface area contributed by atoms with Crippen molar-refractivity contribution in [1.29, 1.82) is 0 Å². The van der Waals surface area contributed by atoms with Gasteiger partial charge in [0.25, 0.3) is 0 Å². The molecule has 9 heteroatoms. The van der Waals surface area contributed by atoms with Crippen molar-refractivity contribution in [2.75, 3.05) is 56.4 Å². The normalized spacial score (nSPS) is 19.0. The molecule has 34 heavy (non-hydrogen) atoms.